The monoisotopic (exact) mass is 418 g/mol. The topological polar surface area (TPSA) is 76.7 Å². The summed E-state index contributed by atoms with van der Waals surface area (Å²) >= 11 is 5.88. The fourth-order valence-electron chi connectivity index (χ4n) is 2.51. The number of benzene rings is 2. The summed E-state index contributed by atoms with van der Waals surface area (Å²) in [6.45, 7) is 4.56. The molecule has 0 aliphatic carbocycles. The second kappa shape index (κ2) is 11.3. The predicted octanol–water partition coefficient (Wildman–Crippen LogP) is 3.96. The first-order valence-electron chi connectivity index (χ1n) is 9.55. The third-order valence-electron chi connectivity index (χ3n) is 4.39. The highest BCUT2D eigenvalue weighted by Gasteiger charge is 2.12. The van der Waals surface area contributed by atoms with Crippen LogP contribution in [0.3, 0.4) is 0 Å². The van der Waals surface area contributed by atoms with Crippen LogP contribution >= 0.6 is 11.6 Å². The Morgan fingerprint density at radius 3 is 2.48 bits per heavy atom. The Bertz CT molecular complexity index is 824. The number of hydrogen-bond acceptors (Lipinski definition) is 4. The molecule has 1 unspecified atom stereocenters. The quantitative estimate of drug-likeness (QED) is 0.612. The van der Waals surface area contributed by atoms with E-state index in [1.54, 1.807) is 30.3 Å². The Morgan fingerprint density at radius 2 is 1.83 bits per heavy atom. The van der Waals surface area contributed by atoms with E-state index in [1.807, 2.05) is 26.0 Å². The van der Waals surface area contributed by atoms with E-state index in [0.29, 0.717) is 28.7 Å². The highest BCUT2D eigenvalue weighted by atomic mass is 35.5. The Morgan fingerprint density at radius 1 is 1.10 bits per heavy atom. The fourth-order valence-corrected chi connectivity index (χ4v) is 2.64. The molecule has 2 aromatic carbocycles. The molecule has 0 bridgehead atoms. The van der Waals surface area contributed by atoms with Crippen molar-refractivity contribution in [2.24, 2.45) is 0 Å². The van der Waals surface area contributed by atoms with Crippen LogP contribution in [0.2, 0.25) is 5.02 Å². The highest BCUT2D eigenvalue weighted by molar-refractivity contribution is 6.30. The minimum absolute atomic E-state index is 0.0804. The number of halogens is 1. The third kappa shape index (κ3) is 7.31. The summed E-state index contributed by atoms with van der Waals surface area (Å²) in [4.78, 5) is 24.1. The van der Waals surface area contributed by atoms with E-state index in [4.69, 9.17) is 21.1 Å². The van der Waals surface area contributed by atoms with Gasteiger partial charge in [0.15, 0.2) is 11.5 Å². The summed E-state index contributed by atoms with van der Waals surface area (Å²) < 4.78 is 11.1. The molecule has 0 heterocycles. The van der Waals surface area contributed by atoms with Gasteiger partial charge in [0.25, 0.3) is 5.91 Å². The Kier molecular flexibility index (Phi) is 8.80. The van der Waals surface area contributed by atoms with Crippen molar-refractivity contribution in [2.45, 2.75) is 39.3 Å². The van der Waals surface area contributed by atoms with Crippen LogP contribution in [0, 0.1) is 0 Å². The summed E-state index contributed by atoms with van der Waals surface area (Å²) in [5.41, 5.74) is 1.40. The Labute approximate surface area is 176 Å². The molecular weight excluding hydrogens is 392 g/mol. The lowest BCUT2D eigenvalue weighted by Gasteiger charge is -2.13. The number of rotatable bonds is 10. The van der Waals surface area contributed by atoms with Gasteiger partial charge in [-0.05, 0) is 49.2 Å². The van der Waals surface area contributed by atoms with Gasteiger partial charge in [-0.2, -0.15) is 0 Å². The molecule has 156 valence electrons. The van der Waals surface area contributed by atoms with Gasteiger partial charge in [-0.25, -0.2) is 0 Å². The Balaban J connectivity index is 1.90. The minimum atomic E-state index is -0.274. The molecule has 0 saturated carbocycles. The molecule has 0 radical (unpaired) electrons. The van der Waals surface area contributed by atoms with E-state index in [1.165, 1.54) is 7.11 Å². The number of methoxy groups -OCH3 is 1. The van der Waals surface area contributed by atoms with Gasteiger partial charge < -0.3 is 20.1 Å². The van der Waals surface area contributed by atoms with Crippen molar-refractivity contribution in [1.82, 2.24) is 10.6 Å². The lowest BCUT2D eigenvalue weighted by molar-refractivity contribution is -0.121. The number of carbonyl (C=O) groups excluding carboxylic acids is 2. The van der Waals surface area contributed by atoms with E-state index < -0.39 is 0 Å². The van der Waals surface area contributed by atoms with Gasteiger partial charge >= 0.3 is 0 Å². The molecule has 0 saturated heterocycles. The molecule has 29 heavy (non-hydrogen) atoms. The van der Waals surface area contributed by atoms with E-state index in [2.05, 4.69) is 10.6 Å². The highest BCUT2D eigenvalue weighted by Crippen LogP contribution is 2.29. The lowest BCUT2D eigenvalue weighted by Crippen LogP contribution is -2.35. The molecule has 2 aromatic rings. The average molecular weight is 419 g/mol. The smallest absolute Gasteiger partial charge is 0.251 e. The van der Waals surface area contributed by atoms with Crippen LogP contribution < -0.4 is 20.1 Å². The van der Waals surface area contributed by atoms with Crippen LogP contribution in [-0.2, 0) is 11.4 Å². The van der Waals surface area contributed by atoms with Gasteiger partial charge in [0.1, 0.15) is 6.61 Å². The van der Waals surface area contributed by atoms with E-state index in [9.17, 15) is 9.59 Å². The average Bonchev–Trinajstić information content (AvgIpc) is 2.72. The van der Waals surface area contributed by atoms with Gasteiger partial charge in [0.2, 0.25) is 5.91 Å². The minimum Gasteiger partial charge on any atom is -0.493 e. The van der Waals surface area contributed by atoms with Gasteiger partial charge in [-0.15, -0.1) is 0 Å². The molecular formula is C22H27ClN2O4. The maximum absolute atomic E-state index is 12.3. The molecule has 0 spiro atoms. The number of carbonyl (C=O) groups is 2. The maximum atomic E-state index is 12.3. The van der Waals surface area contributed by atoms with Crippen LogP contribution in [0.15, 0.2) is 42.5 Å². The van der Waals surface area contributed by atoms with Crippen LogP contribution in [0.1, 0.15) is 42.6 Å². The molecule has 0 aliphatic rings. The lowest BCUT2D eigenvalue weighted by atomic mass is 10.2. The van der Waals surface area contributed by atoms with Crippen molar-refractivity contribution >= 4 is 23.4 Å². The first-order chi connectivity index (χ1) is 13.9. The van der Waals surface area contributed by atoms with Crippen molar-refractivity contribution in [3.05, 3.63) is 58.6 Å². The molecule has 2 amide bonds. The summed E-state index contributed by atoms with van der Waals surface area (Å²) in [6.07, 6.45) is 1.10. The van der Waals surface area contributed by atoms with Crippen LogP contribution in [0.4, 0.5) is 0 Å². The largest absolute Gasteiger partial charge is 0.493 e. The molecule has 0 fully saturated rings. The van der Waals surface area contributed by atoms with Crippen LogP contribution in [-0.4, -0.2) is 31.5 Å². The fraction of sp³-hybridized carbons (Fsp3) is 0.364. The second-order valence-corrected chi connectivity index (χ2v) is 7.10. The van der Waals surface area contributed by atoms with E-state index in [-0.39, 0.29) is 30.8 Å². The first-order valence-corrected chi connectivity index (χ1v) is 9.93. The number of hydrogen-bond donors (Lipinski definition) is 2. The SMILES string of the molecule is CCC(C)NC(=O)CCNC(=O)c1ccc(OCc2ccc(Cl)cc2)c(OC)c1. The molecule has 0 aliphatic heterocycles. The summed E-state index contributed by atoms with van der Waals surface area (Å²) in [5.74, 6) is 0.639. The molecule has 6 nitrogen and oxygen atoms in total. The standard InChI is InChI=1S/C22H27ClN2O4/c1-4-15(2)25-21(26)11-12-24-22(27)17-7-10-19(20(13-17)28-3)29-14-16-5-8-18(23)9-6-16/h5-10,13,15H,4,11-12,14H2,1-3H3,(H,24,27)(H,25,26). The van der Waals surface area contributed by atoms with Crippen LogP contribution in [0.5, 0.6) is 11.5 Å². The van der Waals surface area contributed by atoms with Crippen LogP contribution in [0.25, 0.3) is 0 Å². The normalized spacial score (nSPS) is 11.4. The number of nitrogens with one attached hydrogen (secondary N) is 2. The maximum Gasteiger partial charge on any atom is 0.251 e. The van der Waals surface area contributed by atoms with Crippen molar-refractivity contribution in [3.8, 4) is 11.5 Å². The van der Waals surface area contributed by atoms with Crippen molar-refractivity contribution in [1.29, 1.82) is 0 Å². The van der Waals surface area contributed by atoms with Crippen molar-refractivity contribution < 1.29 is 19.1 Å². The summed E-state index contributed by atoms with van der Waals surface area (Å²) in [7, 11) is 1.52. The zero-order valence-corrected chi connectivity index (χ0v) is 17.7. The summed E-state index contributed by atoms with van der Waals surface area (Å²) in [5, 5.41) is 6.28. The van der Waals surface area contributed by atoms with Gasteiger partial charge in [0, 0.05) is 29.6 Å². The zero-order valence-electron chi connectivity index (χ0n) is 17.0. The Hall–Kier alpha value is -2.73. The zero-order chi connectivity index (χ0) is 21.2. The molecule has 0 aromatic heterocycles. The molecule has 1 atom stereocenters. The van der Waals surface area contributed by atoms with Crippen molar-refractivity contribution in [2.75, 3.05) is 13.7 Å². The van der Waals surface area contributed by atoms with Gasteiger partial charge in [-0.1, -0.05) is 30.7 Å². The van der Waals surface area contributed by atoms with Gasteiger partial charge in [-0.3, -0.25) is 9.59 Å². The molecule has 2 N–H and O–H groups in total. The predicted molar refractivity (Wildman–Crippen MR) is 114 cm³/mol. The summed E-state index contributed by atoms with van der Waals surface area (Å²) in [6, 6.07) is 12.5. The van der Waals surface area contributed by atoms with E-state index >= 15 is 0 Å². The third-order valence-corrected chi connectivity index (χ3v) is 4.64. The number of ether oxygens (including phenoxy) is 2. The molecule has 7 heteroatoms. The van der Waals surface area contributed by atoms with Gasteiger partial charge in [0.05, 0.1) is 7.11 Å². The first kappa shape index (κ1) is 22.6. The molecule has 2 rings (SSSR count). The second-order valence-electron chi connectivity index (χ2n) is 6.66. The van der Waals surface area contributed by atoms with Crippen molar-refractivity contribution in [3.63, 3.8) is 0 Å². The van der Waals surface area contributed by atoms with E-state index in [0.717, 1.165) is 12.0 Å². The number of amides is 2.